The first-order chi connectivity index (χ1) is 11.6. The predicted molar refractivity (Wildman–Crippen MR) is 87.9 cm³/mol. The number of amides is 1. The molecule has 1 aliphatic heterocycles. The molecule has 2 aliphatic carbocycles. The van der Waals surface area contributed by atoms with Gasteiger partial charge in [-0.1, -0.05) is 12.1 Å². The van der Waals surface area contributed by atoms with Crippen LogP contribution in [0.4, 0.5) is 0 Å². The van der Waals surface area contributed by atoms with Gasteiger partial charge < -0.3 is 14.8 Å². The lowest BCUT2D eigenvalue weighted by molar-refractivity contribution is -0.125. The maximum atomic E-state index is 12.6. The highest BCUT2D eigenvalue weighted by atomic mass is 16.5. The molecule has 0 saturated heterocycles. The summed E-state index contributed by atoms with van der Waals surface area (Å²) in [5.41, 5.74) is 0.185. The highest BCUT2D eigenvalue weighted by molar-refractivity contribution is 6.00. The average Bonchev–Trinajstić information content (AvgIpc) is 3.20. The first kappa shape index (κ1) is 15.6. The van der Waals surface area contributed by atoms with Crippen molar-refractivity contribution >= 4 is 11.7 Å². The van der Waals surface area contributed by atoms with Crippen LogP contribution >= 0.6 is 0 Å². The third-order valence-corrected chi connectivity index (χ3v) is 5.75. The number of methoxy groups -OCH3 is 1. The van der Waals surface area contributed by atoms with Gasteiger partial charge in [-0.15, -0.1) is 0 Å². The molecular formula is C19H23NO4. The number of para-hydroxylation sites is 1. The van der Waals surface area contributed by atoms with Crippen LogP contribution in [0.1, 0.15) is 36.5 Å². The molecule has 1 heterocycles. The molecule has 3 aliphatic rings. The summed E-state index contributed by atoms with van der Waals surface area (Å²) in [4.78, 5) is 25.1. The van der Waals surface area contributed by atoms with E-state index in [1.165, 1.54) is 0 Å². The first-order valence-corrected chi connectivity index (χ1v) is 8.66. The Morgan fingerprint density at radius 1 is 1.46 bits per heavy atom. The second-order valence-corrected chi connectivity index (χ2v) is 7.38. The third-order valence-electron chi connectivity index (χ3n) is 5.75. The molecule has 1 spiro atoms. The van der Waals surface area contributed by atoms with Crippen molar-refractivity contribution in [2.45, 2.75) is 37.8 Å². The molecule has 0 radical (unpaired) electrons. The maximum absolute atomic E-state index is 12.6. The Kier molecular flexibility index (Phi) is 3.64. The van der Waals surface area contributed by atoms with E-state index < -0.39 is 5.60 Å². The summed E-state index contributed by atoms with van der Waals surface area (Å²) in [5, 5.41) is 3.02. The minimum atomic E-state index is -0.484. The molecule has 2 saturated carbocycles. The third kappa shape index (κ3) is 2.34. The van der Waals surface area contributed by atoms with Crippen LogP contribution in [-0.2, 0) is 9.53 Å². The van der Waals surface area contributed by atoms with Gasteiger partial charge >= 0.3 is 0 Å². The summed E-state index contributed by atoms with van der Waals surface area (Å²) in [6, 6.07) is 7.43. The topological polar surface area (TPSA) is 64.6 Å². The fourth-order valence-electron chi connectivity index (χ4n) is 4.75. The second-order valence-electron chi connectivity index (χ2n) is 7.38. The first-order valence-electron chi connectivity index (χ1n) is 8.66. The summed E-state index contributed by atoms with van der Waals surface area (Å²) in [5.74, 6) is 1.35. The zero-order chi connectivity index (χ0) is 16.9. The number of fused-ring (bicyclic) bond motifs is 3. The van der Waals surface area contributed by atoms with Gasteiger partial charge in [0.25, 0.3) is 0 Å². The molecule has 5 nitrogen and oxygen atoms in total. The number of nitrogens with one attached hydrogen (secondary N) is 1. The minimum absolute atomic E-state index is 0.00518. The summed E-state index contributed by atoms with van der Waals surface area (Å²) in [7, 11) is 1.63. The second kappa shape index (κ2) is 5.59. The number of hydrogen-bond donors (Lipinski definition) is 1. The van der Waals surface area contributed by atoms with E-state index in [0.717, 1.165) is 12.8 Å². The summed E-state index contributed by atoms with van der Waals surface area (Å²) >= 11 is 0. The standard InChI is InChI=1S/C19H23NO4/c1-11(10-23-2)20-18(22)16-13-7-8-19(17(13)16)9-14(21)12-5-3-4-6-15(12)24-19/h3-6,11,13,16-17H,7-10H2,1-2H3,(H,20,22)/t11-,13-,16-,17+,19-/m1/s1. The van der Waals surface area contributed by atoms with E-state index in [0.29, 0.717) is 30.3 Å². The van der Waals surface area contributed by atoms with Gasteiger partial charge in [0.2, 0.25) is 5.91 Å². The van der Waals surface area contributed by atoms with Crippen molar-refractivity contribution in [3.05, 3.63) is 29.8 Å². The Labute approximate surface area is 141 Å². The largest absolute Gasteiger partial charge is 0.486 e. The Morgan fingerprint density at radius 2 is 2.25 bits per heavy atom. The molecule has 0 unspecified atom stereocenters. The van der Waals surface area contributed by atoms with Crippen LogP contribution in [-0.4, -0.2) is 37.0 Å². The van der Waals surface area contributed by atoms with Crippen LogP contribution < -0.4 is 10.1 Å². The molecule has 1 amide bonds. The number of ether oxygens (including phenoxy) is 2. The van der Waals surface area contributed by atoms with Gasteiger partial charge in [-0.3, -0.25) is 9.59 Å². The predicted octanol–water partition coefficient (Wildman–Crippen LogP) is 2.20. The van der Waals surface area contributed by atoms with E-state index in [9.17, 15) is 9.59 Å². The fraction of sp³-hybridized carbons (Fsp3) is 0.579. The molecule has 5 heteroatoms. The van der Waals surface area contributed by atoms with Crippen molar-refractivity contribution in [3.8, 4) is 5.75 Å². The number of benzene rings is 1. The Balaban J connectivity index is 1.51. The van der Waals surface area contributed by atoms with E-state index in [2.05, 4.69) is 5.32 Å². The monoisotopic (exact) mass is 329 g/mol. The molecule has 1 aromatic rings. The van der Waals surface area contributed by atoms with Crippen molar-refractivity contribution < 1.29 is 19.1 Å². The lowest BCUT2D eigenvalue weighted by atomic mass is 9.84. The lowest BCUT2D eigenvalue weighted by Gasteiger charge is -2.37. The van der Waals surface area contributed by atoms with Crippen LogP contribution in [0.15, 0.2) is 24.3 Å². The van der Waals surface area contributed by atoms with Crippen molar-refractivity contribution in [1.82, 2.24) is 5.32 Å². The molecule has 24 heavy (non-hydrogen) atoms. The van der Waals surface area contributed by atoms with E-state index >= 15 is 0 Å². The molecular weight excluding hydrogens is 306 g/mol. The molecule has 0 bridgehead atoms. The summed E-state index contributed by atoms with van der Waals surface area (Å²) in [6.07, 6.45) is 2.21. The van der Waals surface area contributed by atoms with E-state index in [-0.39, 0.29) is 29.6 Å². The number of ketones is 1. The normalized spacial score (nSPS) is 34.2. The van der Waals surface area contributed by atoms with Crippen LogP contribution in [0.2, 0.25) is 0 Å². The van der Waals surface area contributed by atoms with Crippen LogP contribution in [0.3, 0.4) is 0 Å². The maximum Gasteiger partial charge on any atom is 0.224 e. The summed E-state index contributed by atoms with van der Waals surface area (Å²) < 4.78 is 11.4. The van der Waals surface area contributed by atoms with Crippen molar-refractivity contribution in [2.75, 3.05) is 13.7 Å². The van der Waals surface area contributed by atoms with Crippen LogP contribution in [0.5, 0.6) is 5.75 Å². The van der Waals surface area contributed by atoms with Crippen molar-refractivity contribution in [2.24, 2.45) is 17.8 Å². The highest BCUT2D eigenvalue weighted by Crippen LogP contribution is 2.65. The molecule has 2 fully saturated rings. The number of hydrogen-bond acceptors (Lipinski definition) is 4. The SMILES string of the molecule is COC[C@@H](C)NC(=O)[C@@H]1[C@H]2CC[C@@]3(CC(=O)c4ccccc4O3)[C@@H]21. The molecule has 4 rings (SSSR count). The molecule has 0 aromatic heterocycles. The summed E-state index contributed by atoms with van der Waals surface area (Å²) in [6.45, 7) is 2.44. The Hall–Kier alpha value is -1.88. The number of carbonyl (C=O) groups is 2. The van der Waals surface area contributed by atoms with Gasteiger partial charge in [0.05, 0.1) is 18.6 Å². The van der Waals surface area contributed by atoms with Gasteiger partial charge in [0, 0.05) is 25.0 Å². The van der Waals surface area contributed by atoms with Crippen LogP contribution in [0.25, 0.3) is 0 Å². The smallest absolute Gasteiger partial charge is 0.224 e. The minimum Gasteiger partial charge on any atom is -0.486 e. The molecule has 5 atom stereocenters. The zero-order valence-corrected chi connectivity index (χ0v) is 14.1. The van der Waals surface area contributed by atoms with Gasteiger partial charge in [-0.05, 0) is 37.8 Å². The molecule has 1 N–H and O–H groups in total. The van der Waals surface area contributed by atoms with Crippen molar-refractivity contribution in [3.63, 3.8) is 0 Å². The quantitative estimate of drug-likeness (QED) is 0.920. The van der Waals surface area contributed by atoms with E-state index in [1.807, 2.05) is 31.2 Å². The Bertz CT molecular complexity index is 688. The van der Waals surface area contributed by atoms with E-state index in [4.69, 9.17) is 9.47 Å². The number of Topliss-reactive ketones (excluding diaryl/α,β-unsaturated/α-hetero) is 1. The Morgan fingerprint density at radius 3 is 3.04 bits per heavy atom. The van der Waals surface area contributed by atoms with Gasteiger partial charge in [0.15, 0.2) is 5.78 Å². The lowest BCUT2D eigenvalue weighted by Crippen LogP contribution is -2.45. The zero-order valence-electron chi connectivity index (χ0n) is 14.1. The van der Waals surface area contributed by atoms with Gasteiger partial charge in [-0.2, -0.15) is 0 Å². The van der Waals surface area contributed by atoms with Crippen molar-refractivity contribution in [1.29, 1.82) is 0 Å². The number of carbonyl (C=O) groups excluding carboxylic acids is 2. The van der Waals surface area contributed by atoms with E-state index in [1.54, 1.807) is 7.11 Å². The molecule has 1 aromatic carbocycles. The van der Waals surface area contributed by atoms with Gasteiger partial charge in [-0.25, -0.2) is 0 Å². The highest BCUT2D eigenvalue weighted by Gasteiger charge is 2.70. The fourth-order valence-corrected chi connectivity index (χ4v) is 4.75. The molecule has 128 valence electrons. The average molecular weight is 329 g/mol. The van der Waals surface area contributed by atoms with Gasteiger partial charge in [0.1, 0.15) is 11.4 Å². The van der Waals surface area contributed by atoms with Crippen LogP contribution in [0, 0.1) is 17.8 Å². The number of rotatable bonds is 4.